The number of alkyl halides is 1. The van der Waals surface area contributed by atoms with Crippen LogP contribution in [0.4, 0.5) is 0 Å². The quantitative estimate of drug-likeness (QED) is 0.588. The van der Waals surface area contributed by atoms with Crippen LogP contribution >= 0.6 is 11.6 Å². The van der Waals surface area contributed by atoms with Crippen molar-refractivity contribution in [1.29, 1.82) is 0 Å². The lowest BCUT2D eigenvalue weighted by Gasteiger charge is -2.10. The zero-order valence-corrected chi connectivity index (χ0v) is 10.4. The van der Waals surface area contributed by atoms with E-state index >= 15 is 0 Å². The minimum Gasteiger partial charge on any atom is -0.492 e. The van der Waals surface area contributed by atoms with Gasteiger partial charge in [0, 0.05) is 12.1 Å². The first-order valence-electron chi connectivity index (χ1n) is 5.15. The zero-order valence-electron chi connectivity index (χ0n) is 9.66. The lowest BCUT2D eigenvalue weighted by Crippen LogP contribution is -2.19. The van der Waals surface area contributed by atoms with E-state index in [1.807, 2.05) is 38.4 Å². The Bertz CT molecular complexity index is 362. The summed E-state index contributed by atoms with van der Waals surface area (Å²) in [5.74, 6) is 7.00. The second-order valence-corrected chi connectivity index (χ2v) is 3.88. The summed E-state index contributed by atoms with van der Waals surface area (Å²) in [5, 5.41) is 0. The first kappa shape index (κ1) is 12.9. The molecule has 0 saturated heterocycles. The summed E-state index contributed by atoms with van der Waals surface area (Å²) in [5.41, 5.74) is 0.959. The number of nitrogens with zero attached hydrogens (tertiary/aromatic N) is 1. The molecule has 1 aromatic carbocycles. The summed E-state index contributed by atoms with van der Waals surface area (Å²) >= 11 is 5.48. The Morgan fingerprint density at radius 2 is 1.94 bits per heavy atom. The topological polar surface area (TPSA) is 12.5 Å². The summed E-state index contributed by atoms with van der Waals surface area (Å²) in [6.07, 6.45) is 0. The molecule has 0 aliphatic heterocycles. The molecule has 0 amide bonds. The number of hydrogen-bond acceptors (Lipinski definition) is 2. The molecule has 0 atom stereocenters. The average Bonchev–Trinajstić information content (AvgIpc) is 2.27. The van der Waals surface area contributed by atoms with E-state index in [0.717, 1.165) is 17.9 Å². The van der Waals surface area contributed by atoms with Gasteiger partial charge >= 0.3 is 0 Å². The first-order chi connectivity index (χ1) is 7.72. The smallest absolute Gasteiger partial charge is 0.119 e. The molecule has 0 radical (unpaired) electrons. The third-order valence-electron chi connectivity index (χ3n) is 1.96. The van der Waals surface area contributed by atoms with Crippen molar-refractivity contribution >= 4 is 11.6 Å². The Balaban J connectivity index is 2.45. The van der Waals surface area contributed by atoms with Gasteiger partial charge in [0.25, 0.3) is 0 Å². The van der Waals surface area contributed by atoms with Gasteiger partial charge in [-0.25, -0.2) is 0 Å². The number of benzene rings is 1. The van der Waals surface area contributed by atoms with Gasteiger partial charge in [0.2, 0.25) is 0 Å². The van der Waals surface area contributed by atoms with Crippen LogP contribution in [-0.4, -0.2) is 38.0 Å². The fourth-order valence-corrected chi connectivity index (χ4v) is 1.18. The van der Waals surface area contributed by atoms with Crippen molar-refractivity contribution < 1.29 is 4.74 Å². The van der Waals surface area contributed by atoms with Gasteiger partial charge in [-0.1, -0.05) is 11.8 Å². The predicted molar refractivity (Wildman–Crippen MR) is 68.1 cm³/mol. The van der Waals surface area contributed by atoms with Gasteiger partial charge in [0.15, 0.2) is 0 Å². The van der Waals surface area contributed by atoms with Crippen LogP contribution in [0.25, 0.3) is 0 Å². The molecule has 0 aromatic heterocycles. The Morgan fingerprint density at radius 3 is 2.50 bits per heavy atom. The minimum atomic E-state index is 0.362. The maximum absolute atomic E-state index is 5.56. The number of hydrogen-bond donors (Lipinski definition) is 0. The van der Waals surface area contributed by atoms with E-state index in [-0.39, 0.29) is 0 Å². The Morgan fingerprint density at radius 1 is 1.25 bits per heavy atom. The SMILES string of the molecule is CN(C)CCOc1ccc(C#CCCl)cc1. The van der Waals surface area contributed by atoms with Crippen LogP contribution in [0.15, 0.2) is 24.3 Å². The Hall–Kier alpha value is -1.17. The van der Waals surface area contributed by atoms with E-state index in [4.69, 9.17) is 16.3 Å². The summed E-state index contributed by atoms with van der Waals surface area (Å²) in [7, 11) is 4.04. The highest BCUT2D eigenvalue weighted by molar-refractivity contribution is 6.19. The van der Waals surface area contributed by atoms with Crippen LogP contribution in [0.3, 0.4) is 0 Å². The van der Waals surface area contributed by atoms with Gasteiger partial charge in [-0.05, 0) is 38.4 Å². The van der Waals surface area contributed by atoms with Gasteiger partial charge in [0.05, 0.1) is 5.88 Å². The number of ether oxygens (including phenoxy) is 1. The molecule has 0 aliphatic carbocycles. The highest BCUT2D eigenvalue weighted by atomic mass is 35.5. The number of halogens is 1. The van der Waals surface area contributed by atoms with E-state index < -0.39 is 0 Å². The second kappa shape index (κ2) is 7.16. The molecule has 0 spiro atoms. The fraction of sp³-hybridized carbons (Fsp3) is 0.385. The van der Waals surface area contributed by atoms with Crippen molar-refractivity contribution in [2.45, 2.75) is 0 Å². The normalized spacial score (nSPS) is 9.75. The number of rotatable bonds is 4. The minimum absolute atomic E-state index is 0.362. The molecule has 86 valence electrons. The van der Waals surface area contributed by atoms with Crippen LogP contribution in [0.5, 0.6) is 5.75 Å². The van der Waals surface area contributed by atoms with E-state index in [1.165, 1.54) is 0 Å². The molecule has 0 fully saturated rings. The first-order valence-corrected chi connectivity index (χ1v) is 5.68. The van der Waals surface area contributed by atoms with Crippen molar-refractivity contribution in [3.63, 3.8) is 0 Å². The van der Waals surface area contributed by atoms with Crippen LogP contribution < -0.4 is 4.74 Å². The molecular weight excluding hydrogens is 222 g/mol. The molecule has 1 rings (SSSR count). The third-order valence-corrected chi connectivity index (χ3v) is 2.09. The monoisotopic (exact) mass is 237 g/mol. The molecule has 0 saturated carbocycles. The van der Waals surface area contributed by atoms with E-state index in [0.29, 0.717) is 12.5 Å². The van der Waals surface area contributed by atoms with E-state index in [1.54, 1.807) is 0 Å². The predicted octanol–water partition coefficient (Wildman–Crippen LogP) is 2.22. The average molecular weight is 238 g/mol. The van der Waals surface area contributed by atoms with Crippen molar-refractivity contribution in [3.05, 3.63) is 29.8 Å². The molecule has 0 heterocycles. The summed E-state index contributed by atoms with van der Waals surface area (Å²) in [4.78, 5) is 2.08. The van der Waals surface area contributed by atoms with Crippen LogP contribution in [-0.2, 0) is 0 Å². The Kier molecular flexibility index (Phi) is 5.77. The molecule has 0 N–H and O–H groups in total. The third kappa shape index (κ3) is 5.06. The van der Waals surface area contributed by atoms with Crippen LogP contribution in [0.2, 0.25) is 0 Å². The molecular formula is C13H16ClNO. The van der Waals surface area contributed by atoms with Crippen LogP contribution in [0.1, 0.15) is 5.56 Å². The van der Waals surface area contributed by atoms with Crippen molar-refractivity contribution in [2.24, 2.45) is 0 Å². The van der Waals surface area contributed by atoms with Gasteiger partial charge in [-0.3, -0.25) is 0 Å². The molecule has 2 nitrogen and oxygen atoms in total. The van der Waals surface area contributed by atoms with Crippen LogP contribution in [0, 0.1) is 11.8 Å². The molecule has 0 aliphatic rings. The highest BCUT2D eigenvalue weighted by Crippen LogP contribution is 2.11. The number of likely N-dealkylation sites (N-methyl/N-ethyl adjacent to an activating group) is 1. The maximum Gasteiger partial charge on any atom is 0.119 e. The highest BCUT2D eigenvalue weighted by Gasteiger charge is 1.94. The molecule has 3 heteroatoms. The van der Waals surface area contributed by atoms with Gasteiger partial charge < -0.3 is 9.64 Å². The van der Waals surface area contributed by atoms with E-state index in [2.05, 4.69) is 16.7 Å². The molecule has 0 bridgehead atoms. The van der Waals surface area contributed by atoms with Crippen molar-refractivity contribution in [2.75, 3.05) is 33.1 Å². The van der Waals surface area contributed by atoms with Gasteiger partial charge in [-0.2, -0.15) is 0 Å². The largest absolute Gasteiger partial charge is 0.492 e. The second-order valence-electron chi connectivity index (χ2n) is 3.61. The van der Waals surface area contributed by atoms with Crippen molar-refractivity contribution in [3.8, 4) is 17.6 Å². The summed E-state index contributed by atoms with van der Waals surface area (Å²) in [6, 6.07) is 7.72. The summed E-state index contributed by atoms with van der Waals surface area (Å²) < 4.78 is 5.56. The molecule has 1 aromatic rings. The molecule has 16 heavy (non-hydrogen) atoms. The van der Waals surface area contributed by atoms with Gasteiger partial charge in [-0.15, -0.1) is 11.6 Å². The lowest BCUT2D eigenvalue weighted by molar-refractivity contribution is 0.261. The maximum atomic E-state index is 5.56. The molecule has 0 unspecified atom stereocenters. The van der Waals surface area contributed by atoms with E-state index in [9.17, 15) is 0 Å². The summed E-state index contributed by atoms with van der Waals surface area (Å²) in [6.45, 7) is 1.60. The van der Waals surface area contributed by atoms with Crippen molar-refractivity contribution in [1.82, 2.24) is 4.90 Å². The lowest BCUT2D eigenvalue weighted by atomic mass is 10.2. The zero-order chi connectivity index (χ0) is 11.8. The Labute approximate surface area is 102 Å². The van der Waals surface area contributed by atoms with Gasteiger partial charge in [0.1, 0.15) is 12.4 Å². The standard InChI is InChI=1S/C13H16ClNO/c1-15(2)10-11-16-13-7-5-12(6-8-13)4-3-9-14/h5-8H,9-11H2,1-2H3. The fourth-order valence-electron chi connectivity index (χ4n) is 1.12.